The Hall–Kier alpha value is -0.780. The standard InChI is InChI=1S/C12H18.C5H12.C2H6/c1-3-4-8-11(2)12-9-6-5-7-10-12;1-5(2,3)4;1-2/h5-7,9-11H,3-4,8H2,1-2H3;1-4H3;1-2H3. The number of hydrogen-bond acceptors (Lipinski definition) is 0. The van der Waals surface area contributed by atoms with Crippen molar-refractivity contribution in [1.29, 1.82) is 0 Å². The van der Waals surface area contributed by atoms with Crippen molar-refractivity contribution >= 4 is 0 Å². The Morgan fingerprint density at radius 2 is 1.37 bits per heavy atom. The van der Waals surface area contributed by atoms with Crippen molar-refractivity contribution < 1.29 is 0 Å². The molecule has 0 saturated heterocycles. The summed E-state index contributed by atoms with van der Waals surface area (Å²) in [6.45, 7) is 17.3. The zero-order valence-electron chi connectivity index (χ0n) is 14.6. The van der Waals surface area contributed by atoms with Gasteiger partial charge in [0.2, 0.25) is 0 Å². The highest BCUT2D eigenvalue weighted by atomic mass is 14.1. The van der Waals surface area contributed by atoms with Crippen molar-refractivity contribution in [2.24, 2.45) is 5.41 Å². The lowest BCUT2D eigenvalue weighted by Gasteiger charge is -2.10. The molecule has 0 spiro atoms. The Balaban J connectivity index is 0. The summed E-state index contributed by atoms with van der Waals surface area (Å²) < 4.78 is 0. The Bertz CT molecular complexity index is 260. The fraction of sp³-hybridized carbons (Fsp3) is 0.684. The molecule has 0 saturated carbocycles. The summed E-state index contributed by atoms with van der Waals surface area (Å²) in [7, 11) is 0. The largest absolute Gasteiger partial charge is 0.0683 e. The molecule has 1 unspecified atom stereocenters. The third kappa shape index (κ3) is 17.2. The van der Waals surface area contributed by atoms with Gasteiger partial charge in [-0.05, 0) is 23.3 Å². The van der Waals surface area contributed by atoms with Gasteiger partial charge in [0.15, 0.2) is 0 Å². The lowest BCUT2D eigenvalue weighted by molar-refractivity contribution is 0.469. The van der Waals surface area contributed by atoms with Crippen LogP contribution in [0.15, 0.2) is 30.3 Å². The zero-order valence-corrected chi connectivity index (χ0v) is 14.6. The Morgan fingerprint density at radius 1 is 0.947 bits per heavy atom. The Morgan fingerprint density at radius 3 is 1.74 bits per heavy atom. The van der Waals surface area contributed by atoms with Gasteiger partial charge in [0.25, 0.3) is 0 Å². The Labute approximate surface area is 122 Å². The molecule has 0 radical (unpaired) electrons. The quantitative estimate of drug-likeness (QED) is 0.546. The molecule has 1 aromatic carbocycles. The van der Waals surface area contributed by atoms with Crippen LogP contribution in [0.4, 0.5) is 0 Å². The van der Waals surface area contributed by atoms with E-state index in [9.17, 15) is 0 Å². The van der Waals surface area contributed by atoms with Crippen molar-refractivity contribution in [3.63, 3.8) is 0 Å². The first-order valence-corrected chi connectivity index (χ1v) is 7.89. The molecule has 19 heavy (non-hydrogen) atoms. The van der Waals surface area contributed by atoms with Crippen LogP contribution >= 0.6 is 0 Å². The molecule has 0 aliphatic heterocycles. The van der Waals surface area contributed by atoms with Gasteiger partial charge >= 0.3 is 0 Å². The second-order valence-electron chi connectivity index (χ2n) is 6.45. The van der Waals surface area contributed by atoms with E-state index >= 15 is 0 Å². The number of benzene rings is 1. The average molecular weight is 264 g/mol. The van der Waals surface area contributed by atoms with Crippen molar-refractivity contribution in [2.75, 3.05) is 0 Å². The van der Waals surface area contributed by atoms with Crippen LogP contribution in [0.2, 0.25) is 0 Å². The molecule has 0 nitrogen and oxygen atoms in total. The zero-order chi connectivity index (χ0) is 15.3. The van der Waals surface area contributed by atoms with E-state index in [1.807, 2.05) is 13.8 Å². The Kier molecular flexibility index (Phi) is 13.3. The van der Waals surface area contributed by atoms with Crippen LogP contribution in [0.1, 0.15) is 86.1 Å². The van der Waals surface area contributed by atoms with E-state index < -0.39 is 0 Å². The first-order chi connectivity index (χ1) is 8.84. The maximum absolute atomic E-state index is 2.31. The molecule has 0 aliphatic carbocycles. The van der Waals surface area contributed by atoms with Gasteiger partial charge in [0.1, 0.15) is 0 Å². The van der Waals surface area contributed by atoms with Crippen LogP contribution < -0.4 is 0 Å². The summed E-state index contributed by atoms with van der Waals surface area (Å²) in [5.74, 6) is 0.728. The monoisotopic (exact) mass is 264 g/mol. The van der Waals surface area contributed by atoms with Gasteiger partial charge in [-0.2, -0.15) is 0 Å². The lowest BCUT2D eigenvalue weighted by Crippen LogP contribution is -1.93. The van der Waals surface area contributed by atoms with Gasteiger partial charge in [0, 0.05) is 0 Å². The molecule has 0 N–H and O–H groups in total. The highest BCUT2D eigenvalue weighted by molar-refractivity contribution is 5.18. The second kappa shape index (κ2) is 12.3. The molecule has 0 bridgehead atoms. The maximum Gasteiger partial charge on any atom is -0.0190 e. The smallest absolute Gasteiger partial charge is 0.0190 e. The van der Waals surface area contributed by atoms with Crippen LogP contribution in [0.3, 0.4) is 0 Å². The normalized spacial score (nSPS) is 11.6. The minimum absolute atomic E-state index is 0.500. The van der Waals surface area contributed by atoms with Crippen molar-refractivity contribution in [3.05, 3.63) is 35.9 Å². The van der Waals surface area contributed by atoms with Gasteiger partial charge in [-0.3, -0.25) is 0 Å². The van der Waals surface area contributed by atoms with Gasteiger partial charge in [0.05, 0.1) is 0 Å². The van der Waals surface area contributed by atoms with Crippen LogP contribution in [-0.2, 0) is 0 Å². The van der Waals surface area contributed by atoms with E-state index in [0.717, 1.165) is 5.92 Å². The lowest BCUT2D eigenvalue weighted by atomic mass is 9.96. The van der Waals surface area contributed by atoms with E-state index in [2.05, 4.69) is 71.9 Å². The molecule has 0 heteroatoms. The van der Waals surface area contributed by atoms with Gasteiger partial charge in [-0.25, -0.2) is 0 Å². The van der Waals surface area contributed by atoms with Crippen LogP contribution in [0.25, 0.3) is 0 Å². The van der Waals surface area contributed by atoms with Crippen molar-refractivity contribution in [2.45, 2.75) is 80.6 Å². The first-order valence-electron chi connectivity index (χ1n) is 7.89. The van der Waals surface area contributed by atoms with Crippen LogP contribution in [-0.4, -0.2) is 0 Å². The molecule has 0 aromatic heterocycles. The minimum atomic E-state index is 0.500. The van der Waals surface area contributed by atoms with Crippen LogP contribution in [0.5, 0.6) is 0 Å². The summed E-state index contributed by atoms with van der Waals surface area (Å²) in [5.41, 5.74) is 1.98. The van der Waals surface area contributed by atoms with Gasteiger partial charge in [-0.1, -0.05) is 98.6 Å². The average Bonchev–Trinajstić information content (AvgIpc) is 2.37. The molecule has 112 valence electrons. The molecular formula is C19H36. The van der Waals surface area contributed by atoms with E-state index in [-0.39, 0.29) is 0 Å². The summed E-state index contributed by atoms with van der Waals surface area (Å²) in [4.78, 5) is 0. The molecule has 0 amide bonds. The maximum atomic E-state index is 2.31. The summed E-state index contributed by atoms with van der Waals surface area (Å²) in [6.07, 6.45) is 3.97. The van der Waals surface area contributed by atoms with Gasteiger partial charge in [-0.15, -0.1) is 0 Å². The predicted molar refractivity (Wildman–Crippen MR) is 90.9 cm³/mol. The molecule has 1 rings (SSSR count). The third-order valence-electron chi connectivity index (χ3n) is 2.36. The number of unbranched alkanes of at least 4 members (excludes halogenated alkanes) is 1. The minimum Gasteiger partial charge on any atom is -0.0683 e. The summed E-state index contributed by atoms with van der Waals surface area (Å²) >= 11 is 0. The van der Waals surface area contributed by atoms with E-state index in [4.69, 9.17) is 0 Å². The van der Waals surface area contributed by atoms with E-state index in [0.29, 0.717) is 5.41 Å². The SMILES string of the molecule is CC.CC(C)(C)C.CCCCC(C)c1ccccc1. The topological polar surface area (TPSA) is 0 Å². The highest BCUT2D eigenvalue weighted by Gasteiger charge is 2.02. The van der Waals surface area contributed by atoms with E-state index in [1.165, 1.54) is 24.8 Å². The molecule has 0 heterocycles. The van der Waals surface area contributed by atoms with E-state index in [1.54, 1.807) is 0 Å². The summed E-state index contributed by atoms with van der Waals surface area (Å²) in [5, 5.41) is 0. The van der Waals surface area contributed by atoms with Gasteiger partial charge < -0.3 is 0 Å². The highest BCUT2D eigenvalue weighted by Crippen LogP contribution is 2.20. The third-order valence-corrected chi connectivity index (χ3v) is 2.36. The van der Waals surface area contributed by atoms with Crippen molar-refractivity contribution in [3.8, 4) is 0 Å². The fourth-order valence-electron chi connectivity index (χ4n) is 1.46. The molecular weight excluding hydrogens is 228 g/mol. The van der Waals surface area contributed by atoms with Crippen molar-refractivity contribution in [1.82, 2.24) is 0 Å². The fourth-order valence-corrected chi connectivity index (χ4v) is 1.46. The molecule has 0 fully saturated rings. The predicted octanol–water partition coefficient (Wildman–Crippen LogP) is 7.06. The van der Waals surface area contributed by atoms with Crippen LogP contribution in [0, 0.1) is 5.41 Å². The molecule has 1 aromatic rings. The molecule has 0 aliphatic rings. The summed E-state index contributed by atoms with van der Waals surface area (Å²) in [6, 6.07) is 10.8. The second-order valence-corrected chi connectivity index (χ2v) is 6.45. The number of rotatable bonds is 4. The molecule has 1 atom stereocenters. The number of hydrogen-bond donors (Lipinski definition) is 0. The first kappa shape index (κ1) is 20.5.